The third kappa shape index (κ3) is 1.51. The van der Waals surface area contributed by atoms with Crippen molar-refractivity contribution in [2.24, 2.45) is 7.05 Å². The largest absolute Gasteiger partial charge is 0.272 e. The van der Waals surface area contributed by atoms with Gasteiger partial charge in [-0.25, -0.2) is 0 Å². The molecule has 1 aromatic rings. The normalized spacial score (nSPS) is 19.6. The molecule has 3 heteroatoms. The molecule has 12 heavy (non-hydrogen) atoms. The van der Waals surface area contributed by atoms with Crippen molar-refractivity contribution in [1.29, 1.82) is 0 Å². The van der Waals surface area contributed by atoms with Crippen molar-refractivity contribution >= 4 is 22.6 Å². The molecule has 1 heterocycles. The highest BCUT2D eigenvalue weighted by molar-refractivity contribution is 14.1. The van der Waals surface area contributed by atoms with Crippen LogP contribution in [0.4, 0.5) is 0 Å². The molecule has 0 spiro atoms. The lowest BCUT2D eigenvalue weighted by Crippen LogP contribution is -1.96. The fourth-order valence-corrected chi connectivity index (χ4v) is 1.76. The quantitative estimate of drug-likeness (QED) is 0.600. The summed E-state index contributed by atoms with van der Waals surface area (Å²) in [5.74, 6) is 0.811. The molecule has 1 saturated carbocycles. The van der Waals surface area contributed by atoms with Gasteiger partial charge in [-0.1, -0.05) is 22.6 Å². The minimum absolute atomic E-state index is 0.529. The zero-order chi connectivity index (χ0) is 8.72. The Morgan fingerprint density at radius 1 is 1.67 bits per heavy atom. The lowest BCUT2D eigenvalue weighted by Gasteiger charge is -1.95. The fraction of sp³-hybridized carbons (Fsp3) is 0.667. The molecular weight excluding hydrogens is 263 g/mol. The van der Waals surface area contributed by atoms with E-state index in [9.17, 15) is 0 Å². The second-order valence-corrected chi connectivity index (χ2v) is 5.38. The standard InChI is InChI=1S/C9H13IN2/c1-6(10)8-5-9(7-3-4-7)12(2)11-8/h5-7H,3-4H2,1-2H3/t6-/m1/s1. The van der Waals surface area contributed by atoms with Gasteiger partial charge in [0.1, 0.15) is 0 Å². The van der Waals surface area contributed by atoms with Gasteiger partial charge in [0, 0.05) is 18.7 Å². The first-order valence-corrected chi connectivity index (χ1v) is 5.61. The number of aromatic nitrogens is 2. The highest BCUT2D eigenvalue weighted by atomic mass is 127. The van der Waals surface area contributed by atoms with Crippen molar-refractivity contribution in [1.82, 2.24) is 9.78 Å². The van der Waals surface area contributed by atoms with E-state index in [1.54, 1.807) is 0 Å². The van der Waals surface area contributed by atoms with Crippen LogP contribution in [0.15, 0.2) is 6.07 Å². The Morgan fingerprint density at radius 3 is 2.75 bits per heavy atom. The van der Waals surface area contributed by atoms with Gasteiger partial charge in [-0.3, -0.25) is 4.68 Å². The highest BCUT2D eigenvalue weighted by Crippen LogP contribution is 2.40. The average Bonchev–Trinajstić information content (AvgIpc) is 2.75. The van der Waals surface area contributed by atoms with Gasteiger partial charge in [0.05, 0.1) is 9.62 Å². The van der Waals surface area contributed by atoms with Crippen LogP contribution in [0.25, 0.3) is 0 Å². The maximum absolute atomic E-state index is 4.48. The molecule has 0 unspecified atom stereocenters. The van der Waals surface area contributed by atoms with Crippen LogP contribution < -0.4 is 0 Å². The van der Waals surface area contributed by atoms with E-state index in [2.05, 4.69) is 47.7 Å². The summed E-state index contributed by atoms with van der Waals surface area (Å²) in [5.41, 5.74) is 2.65. The van der Waals surface area contributed by atoms with Crippen LogP contribution in [-0.2, 0) is 7.05 Å². The van der Waals surface area contributed by atoms with Gasteiger partial charge in [0.25, 0.3) is 0 Å². The van der Waals surface area contributed by atoms with E-state index in [1.165, 1.54) is 24.2 Å². The Labute approximate surface area is 86.5 Å². The van der Waals surface area contributed by atoms with E-state index in [-0.39, 0.29) is 0 Å². The van der Waals surface area contributed by atoms with E-state index >= 15 is 0 Å². The zero-order valence-electron chi connectivity index (χ0n) is 7.42. The number of hydrogen-bond donors (Lipinski definition) is 0. The molecule has 2 nitrogen and oxygen atoms in total. The predicted octanol–water partition coefficient (Wildman–Crippen LogP) is 2.79. The van der Waals surface area contributed by atoms with Crippen LogP contribution in [0, 0.1) is 0 Å². The Morgan fingerprint density at radius 2 is 2.33 bits per heavy atom. The lowest BCUT2D eigenvalue weighted by atomic mass is 10.2. The molecule has 0 aromatic carbocycles. The smallest absolute Gasteiger partial charge is 0.0752 e. The van der Waals surface area contributed by atoms with Crippen LogP contribution >= 0.6 is 22.6 Å². The average molecular weight is 276 g/mol. The number of halogens is 1. The lowest BCUT2D eigenvalue weighted by molar-refractivity contribution is 0.701. The van der Waals surface area contributed by atoms with Crippen molar-refractivity contribution < 1.29 is 0 Å². The Balaban J connectivity index is 2.30. The molecule has 66 valence electrons. The molecule has 1 aromatic heterocycles. The van der Waals surface area contributed by atoms with Crippen molar-refractivity contribution in [2.45, 2.75) is 29.6 Å². The first-order chi connectivity index (χ1) is 5.68. The molecular formula is C9H13IN2. The van der Waals surface area contributed by atoms with Crippen LogP contribution in [0.5, 0.6) is 0 Å². The van der Waals surface area contributed by atoms with Crippen molar-refractivity contribution in [3.05, 3.63) is 17.5 Å². The molecule has 0 radical (unpaired) electrons. The second kappa shape index (κ2) is 3.01. The summed E-state index contributed by atoms with van der Waals surface area (Å²) in [5, 5.41) is 4.48. The molecule has 1 atom stereocenters. The van der Waals surface area contributed by atoms with Crippen LogP contribution in [0.3, 0.4) is 0 Å². The molecule has 0 saturated heterocycles. The van der Waals surface area contributed by atoms with Crippen LogP contribution in [0.2, 0.25) is 0 Å². The molecule has 0 N–H and O–H groups in total. The zero-order valence-corrected chi connectivity index (χ0v) is 9.58. The molecule has 1 fully saturated rings. The maximum atomic E-state index is 4.48. The summed E-state index contributed by atoms with van der Waals surface area (Å²) in [6, 6.07) is 2.26. The molecule has 1 aliphatic carbocycles. The summed E-state index contributed by atoms with van der Waals surface area (Å²) < 4.78 is 2.57. The summed E-state index contributed by atoms with van der Waals surface area (Å²) in [6.07, 6.45) is 2.71. The van der Waals surface area contributed by atoms with Crippen LogP contribution in [0.1, 0.15) is 41.0 Å². The van der Waals surface area contributed by atoms with Crippen molar-refractivity contribution in [2.75, 3.05) is 0 Å². The van der Waals surface area contributed by atoms with Gasteiger partial charge in [0.15, 0.2) is 0 Å². The van der Waals surface area contributed by atoms with Crippen molar-refractivity contribution in [3.63, 3.8) is 0 Å². The summed E-state index contributed by atoms with van der Waals surface area (Å²) in [6.45, 7) is 2.18. The van der Waals surface area contributed by atoms with Gasteiger partial charge >= 0.3 is 0 Å². The number of alkyl halides is 1. The minimum Gasteiger partial charge on any atom is -0.272 e. The van der Waals surface area contributed by atoms with E-state index < -0.39 is 0 Å². The summed E-state index contributed by atoms with van der Waals surface area (Å²) >= 11 is 2.41. The third-order valence-electron chi connectivity index (χ3n) is 2.34. The minimum atomic E-state index is 0.529. The van der Waals surface area contributed by atoms with Gasteiger partial charge in [-0.2, -0.15) is 5.10 Å². The first kappa shape index (κ1) is 8.53. The third-order valence-corrected chi connectivity index (χ3v) is 2.98. The molecule has 0 amide bonds. The monoisotopic (exact) mass is 276 g/mol. The van der Waals surface area contributed by atoms with Gasteiger partial charge in [0.2, 0.25) is 0 Å². The van der Waals surface area contributed by atoms with E-state index in [0.717, 1.165) is 5.92 Å². The summed E-state index contributed by atoms with van der Waals surface area (Å²) in [4.78, 5) is 0. The number of nitrogens with zero attached hydrogens (tertiary/aromatic N) is 2. The molecule has 2 rings (SSSR count). The number of aryl methyl sites for hydroxylation is 1. The molecule has 0 bridgehead atoms. The van der Waals surface area contributed by atoms with Gasteiger partial charge in [-0.05, 0) is 25.8 Å². The molecule has 1 aliphatic rings. The second-order valence-electron chi connectivity index (χ2n) is 3.51. The topological polar surface area (TPSA) is 17.8 Å². The SMILES string of the molecule is C[C@@H](I)c1cc(C2CC2)n(C)n1. The van der Waals surface area contributed by atoms with Crippen molar-refractivity contribution in [3.8, 4) is 0 Å². The Hall–Kier alpha value is -0.0600. The van der Waals surface area contributed by atoms with E-state index in [1.807, 2.05) is 4.68 Å². The van der Waals surface area contributed by atoms with Crippen LogP contribution in [-0.4, -0.2) is 9.78 Å². The first-order valence-electron chi connectivity index (χ1n) is 4.36. The number of hydrogen-bond acceptors (Lipinski definition) is 1. The number of rotatable bonds is 2. The summed E-state index contributed by atoms with van der Waals surface area (Å²) in [7, 11) is 2.05. The molecule has 0 aliphatic heterocycles. The van der Waals surface area contributed by atoms with Gasteiger partial charge < -0.3 is 0 Å². The Bertz CT molecular complexity index is 287. The predicted molar refractivity (Wildman–Crippen MR) is 57.6 cm³/mol. The van der Waals surface area contributed by atoms with E-state index in [0.29, 0.717) is 3.92 Å². The van der Waals surface area contributed by atoms with Gasteiger partial charge in [-0.15, -0.1) is 0 Å². The van der Waals surface area contributed by atoms with E-state index in [4.69, 9.17) is 0 Å². The Kier molecular flexibility index (Phi) is 2.14. The fourth-order valence-electron chi connectivity index (χ4n) is 1.46. The highest BCUT2D eigenvalue weighted by Gasteiger charge is 2.27. The maximum Gasteiger partial charge on any atom is 0.0752 e.